The fourth-order valence-corrected chi connectivity index (χ4v) is 8.69. The number of rotatable bonds is 2. The van der Waals surface area contributed by atoms with Gasteiger partial charge in [0.15, 0.2) is 0 Å². The summed E-state index contributed by atoms with van der Waals surface area (Å²) in [5, 5.41) is 7.37. The molecule has 1 aliphatic rings. The highest BCUT2D eigenvalue weighted by atomic mass is 16.3. The van der Waals surface area contributed by atoms with Gasteiger partial charge >= 0.3 is 0 Å². The minimum atomic E-state index is -0.180. The molecular formula is C45H30N2O. The van der Waals surface area contributed by atoms with E-state index in [1.165, 1.54) is 82.3 Å². The summed E-state index contributed by atoms with van der Waals surface area (Å²) in [6.07, 6.45) is 0. The predicted octanol–water partition coefficient (Wildman–Crippen LogP) is 12.1. The van der Waals surface area contributed by atoms with Gasteiger partial charge in [0.2, 0.25) is 0 Å². The van der Waals surface area contributed by atoms with Crippen LogP contribution in [0.4, 0.5) is 0 Å². The van der Waals surface area contributed by atoms with E-state index in [-0.39, 0.29) is 5.41 Å². The Kier molecular flexibility index (Phi) is 4.91. The van der Waals surface area contributed by atoms with Crippen molar-refractivity contribution >= 4 is 65.6 Å². The molecule has 0 atom stereocenters. The number of aromatic nitrogens is 2. The van der Waals surface area contributed by atoms with Gasteiger partial charge < -0.3 is 13.6 Å². The van der Waals surface area contributed by atoms with Crippen LogP contribution in [0.3, 0.4) is 0 Å². The SMILES string of the molecule is CC1(C)c2cc3c(cc2-c2c1ccc1c2oc2ccccc21)c1ccccc1n3-c1ccc2c(c1)c1ccccc1n2-c1ccccc1. The minimum Gasteiger partial charge on any atom is -0.455 e. The molecule has 0 radical (unpaired) electrons. The Morgan fingerprint density at radius 1 is 0.438 bits per heavy atom. The second-order valence-electron chi connectivity index (χ2n) is 13.7. The van der Waals surface area contributed by atoms with E-state index in [2.05, 4.69) is 169 Å². The molecule has 0 unspecified atom stereocenters. The summed E-state index contributed by atoms with van der Waals surface area (Å²) in [4.78, 5) is 0. The average molecular weight is 615 g/mol. The Hall–Kier alpha value is -6.06. The van der Waals surface area contributed by atoms with Crippen LogP contribution in [0.2, 0.25) is 0 Å². The topological polar surface area (TPSA) is 23.0 Å². The Morgan fingerprint density at radius 3 is 1.83 bits per heavy atom. The first kappa shape index (κ1) is 26.1. The summed E-state index contributed by atoms with van der Waals surface area (Å²) in [5.41, 5.74) is 14.1. The molecule has 3 heterocycles. The molecule has 3 nitrogen and oxygen atoms in total. The third kappa shape index (κ3) is 3.23. The molecule has 0 bridgehead atoms. The first-order valence-corrected chi connectivity index (χ1v) is 16.7. The molecule has 0 saturated heterocycles. The van der Waals surface area contributed by atoms with Gasteiger partial charge in [-0.05, 0) is 77.4 Å². The minimum absolute atomic E-state index is 0.180. The number of benzene rings is 7. The number of furan rings is 1. The van der Waals surface area contributed by atoms with E-state index in [0.717, 1.165) is 16.9 Å². The smallest absolute Gasteiger partial charge is 0.143 e. The van der Waals surface area contributed by atoms with Gasteiger partial charge in [-0.1, -0.05) is 98.8 Å². The fourth-order valence-electron chi connectivity index (χ4n) is 8.69. The molecule has 3 heteroatoms. The summed E-state index contributed by atoms with van der Waals surface area (Å²) in [7, 11) is 0. The van der Waals surface area contributed by atoms with E-state index in [1.54, 1.807) is 0 Å². The normalized spacial score (nSPS) is 13.8. The van der Waals surface area contributed by atoms with Crippen molar-refractivity contribution in [2.45, 2.75) is 19.3 Å². The van der Waals surface area contributed by atoms with E-state index in [4.69, 9.17) is 4.42 Å². The van der Waals surface area contributed by atoms with Crippen LogP contribution < -0.4 is 0 Å². The summed E-state index contributed by atoms with van der Waals surface area (Å²) < 4.78 is 11.5. The van der Waals surface area contributed by atoms with E-state index in [9.17, 15) is 0 Å². The maximum absolute atomic E-state index is 6.62. The molecule has 0 amide bonds. The van der Waals surface area contributed by atoms with Crippen LogP contribution in [-0.2, 0) is 5.41 Å². The van der Waals surface area contributed by atoms with Crippen LogP contribution >= 0.6 is 0 Å². The van der Waals surface area contributed by atoms with E-state index in [0.29, 0.717) is 0 Å². The molecule has 3 aromatic heterocycles. The molecule has 1 aliphatic carbocycles. The van der Waals surface area contributed by atoms with Crippen molar-refractivity contribution in [3.63, 3.8) is 0 Å². The third-order valence-electron chi connectivity index (χ3n) is 10.9. The monoisotopic (exact) mass is 614 g/mol. The summed E-state index contributed by atoms with van der Waals surface area (Å²) in [6.45, 7) is 4.71. The van der Waals surface area contributed by atoms with Gasteiger partial charge in [0, 0.05) is 54.7 Å². The van der Waals surface area contributed by atoms with Crippen molar-refractivity contribution in [2.75, 3.05) is 0 Å². The Bertz CT molecular complexity index is 2970. The van der Waals surface area contributed by atoms with Crippen molar-refractivity contribution in [1.82, 2.24) is 9.13 Å². The quantitative estimate of drug-likeness (QED) is 0.190. The molecule has 48 heavy (non-hydrogen) atoms. The number of hydrogen-bond donors (Lipinski definition) is 0. The molecule has 0 fully saturated rings. The van der Waals surface area contributed by atoms with Crippen LogP contribution in [0.25, 0.3) is 88.1 Å². The van der Waals surface area contributed by atoms with Crippen molar-refractivity contribution in [3.8, 4) is 22.5 Å². The van der Waals surface area contributed by atoms with Crippen molar-refractivity contribution in [1.29, 1.82) is 0 Å². The van der Waals surface area contributed by atoms with Gasteiger partial charge in [-0.25, -0.2) is 0 Å². The summed E-state index contributed by atoms with van der Waals surface area (Å²) >= 11 is 0. The highest BCUT2D eigenvalue weighted by molar-refractivity contribution is 6.16. The van der Waals surface area contributed by atoms with Gasteiger partial charge in [-0.2, -0.15) is 0 Å². The first-order chi connectivity index (χ1) is 23.6. The first-order valence-electron chi connectivity index (χ1n) is 16.7. The van der Waals surface area contributed by atoms with Crippen LogP contribution in [0, 0.1) is 0 Å². The fraction of sp³-hybridized carbons (Fsp3) is 0.0667. The highest BCUT2D eigenvalue weighted by Gasteiger charge is 2.38. The lowest BCUT2D eigenvalue weighted by molar-refractivity contribution is 0.653. The zero-order valence-corrected chi connectivity index (χ0v) is 26.7. The molecule has 10 aromatic rings. The zero-order chi connectivity index (χ0) is 31.7. The molecular weight excluding hydrogens is 585 g/mol. The second-order valence-corrected chi connectivity index (χ2v) is 13.7. The second kappa shape index (κ2) is 9.05. The third-order valence-corrected chi connectivity index (χ3v) is 10.9. The largest absolute Gasteiger partial charge is 0.455 e. The molecule has 0 N–H and O–H groups in total. The van der Waals surface area contributed by atoms with Gasteiger partial charge in [0.1, 0.15) is 11.2 Å². The van der Waals surface area contributed by atoms with Crippen molar-refractivity contribution < 1.29 is 4.42 Å². The Labute approximate surface area is 276 Å². The molecule has 7 aromatic carbocycles. The molecule has 0 saturated carbocycles. The zero-order valence-electron chi connectivity index (χ0n) is 26.7. The number of nitrogens with zero attached hydrogens (tertiary/aromatic N) is 2. The Morgan fingerprint density at radius 2 is 1.06 bits per heavy atom. The summed E-state index contributed by atoms with van der Waals surface area (Å²) in [5.74, 6) is 0. The average Bonchev–Trinajstić information content (AvgIpc) is 3.83. The number of hydrogen-bond acceptors (Lipinski definition) is 1. The molecule has 11 rings (SSSR count). The summed E-state index contributed by atoms with van der Waals surface area (Å²) in [6, 6.07) is 53.1. The van der Waals surface area contributed by atoms with E-state index < -0.39 is 0 Å². The lowest BCUT2D eigenvalue weighted by Crippen LogP contribution is -2.15. The molecule has 0 aliphatic heterocycles. The maximum Gasteiger partial charge on any atom is 0.143 e. The van der Waals surface area contributed by atoms with Crippen LogP contribution in [0.5, 0.6) is 0 Å². The van der Waals surface area contributed by atoms with Crippen LogP contribution in [0.15, 0.2) is 150 Å². The molecule has 226 valence electrons. The number of fused-ring (bicyclic) bond motifs is 13. The van der Waals surface area contributed by atoms with Crippen molar-refractivity contribution in [3.05, 3.63) is 157 Å². The molecule has 0 spiro atoms. The highest BCUT2D eigenvalue weighted by Crippen LogP contribution is 2.54. The van der Waals surface area contributed by atoms with E-state index in [1.807, 2.05) is 0 Å². The maximum atomic E-state index is 6.62. The van der Waals surface area contributed by atoms with Crippen molar-refractivity contribution in [2.24, 2.45) is 0 Å². The lowest BCUT2D eigenvalue weighted by Gasteiger charge is -2.21. The van der Waals surface area contributed by atoms with Crippen LogP contribution in [-0.4, -0.2) is 9.13 Å². The van der Waals surface area contributed by atoms with E-state index >= 15 is 0 Å². The van der Waals surface area contributed by atoms with Gasteiger partial charge in [0.05, 0.1) is 22.1 Å². The lowest BCUT2D eigenvalue weighted by atomic mass is 9.82. The standard InChI is InChI=1S/C45H30N2O/c1-45(2)36-22-21-32-31-16-8-11-19-42(31)48-44(32)43(36)35-25-34-30-15-7-10-18-39(30)47(41(34)26-37(35)45)28-20-23-40-33(24-28)29-14-6-9-17-38(29)46(40)27-12-4-3-5-13-27/h3-26H,1-2H3. The number of para-hydroxylation sites is 4. The van der Waals surface area contributed by atoms with Gasteiger partial charge in [0.25, 0.3) is 0 Å². The predicted molar refractivity (Wildman–Crippen MR) is 200 cm³/mol. The Balaban J connectivity index is 1.21. The van der Waals surface area contributed by atoms with Gasteiger partial charge in [-0.15, -0.1) is 0 Å². The van der Waals surface area contributed by atoms with Crippen LogP contribution in [0.1, 0.15) is 25.0 Å². The van der Waals surface area contributed by atoms with Gasteiger partial charge in [-0.3, -0.25) is 0 Å².